The van der Waals surface area contributed by atoms with E-state index in [2.05, 4.69) is 4.98 Å². The number of hydrogen-bond donors (Lipinski definition) is 0. The average Bonchev–Trinajstić information content (AvgIpc) is 3.84. The zero-order chi connectivity index (χ0) is 31.8. The molecule has 5 aromatic rings. The highest BCUT2D eigenvalue weighted by Gasteiger charge is 2.30. The highest BCUT2D eigenvalue weighted by molar-refractivity contribution is 5.99. The summed E-state index contributed by atoms with van der Waals surface area (Å²) in [7, 11) is 1.34. The lowest BCUT2D eigenvalue weighted by Crippen LogP contribution is -2.31. The van der Waals surface area contributed by atoms with E-state index in [9.17, 15) is 14.0 Å². The van der Waals surface area contributed by atoms with Gasteiger partial charge in [-0.15, -0.1) is 0 Å². The minimum absolute atomic E-state index is 0.0184. The minimum atomic E-state index is -0.502. The largest absolute Gasteiger partial charge is 0.473 e. The molecule has 2 aromatic heterocycles. The van der Waals surface area contributed by atoms with Crippen LogP contribution in [-0.4, -0.2) is 46.1 Å². The maximum atomic E-state index is 15.6. The molecule has 2 fully saturated rings. The van der Waals surface area contributed by atoms with Gasteiger partial charge in [0.15, 0.2) is 5.78 Å². The summed E-state index contributed by atoms with van der Waals surface area (Å²) in [6.45, 7) is 1.17. The Balaban J connectivity index is 1.08. The molecule has 0 radical (unpaired) electrons. The van der Waals surface area contributed by atoms with Gasteiger partial charge in [-0.3, -0.25) is 4.79 Å². The number of benzene rings is 3. The second-order valence-corrected chi connectivity index (χ2v) is 11.7. The highest BCUT2D eigenvalue weighted by Crippen LogP contribution is 2.33. The molecule has 0 bridgehead atoms. The lowest BCUT2D eigenvalue weighted by molar-refractivity contribution is -0.0589. The molecule has 7 rings (SSSR count). The Labute approximate surface area is 264 Å². The van der Waals surface area contributed by atoms with E-state index in [1.165, 1.54) is 19.2 Å². The number of methoxy groups -OCH3 is 1. The number of esters is 1. The molecule has 3 aromatic carbocycles. The lowest BCUT2D eigenvalue weighted by Gasteiger charge is -2.27. The summed E-state index contributed by atoms with van der Waals surface area (Å²) in [5.41, 5.74) is 4.07. The van der Waals surface area contributed by atoms with Crippen molar-refractivity contribution in [2.45, 2.75) is 44.9 Å². The summed E-state index contributed by atoms with van der Waals surface area (Å²) in [6.07, 6.45) is 2.89. The van der Waals surface area contributed by atoms with E-state index in [4.69, 9.17) is 19.2 Å². The van der Waals surface area contributed by atoms with Crippen molar-refractivity contribution < 1.29 is 32.6 Å². The number of carbonyl (C=O) groups excluding carboxylic acids is 2. The van der Waals surface area contributed by atoms with Gasteiger partial charge in [0.25, 0.3) is 0 Å². The molecule has 3 heterocycles. The molecule has 1 aliphatic carbocycles. The molecule has 0 N–H and O–H groups in total. The van der Waals surface area contributed by atoms with Crippen molar-refractivity contribution in [3.63, 3.8) is 0 Å². The smallest absolute Gasteiger partial charge is 0.337 e. The third kappa shape index (κ3) is 6.12. The Bertz CT molecular complexity index is 1970. The van der Waals surface area contributed by atoms with Crippen LogP contribution in [0.25, 0.3) is 22.3 Å². The fourth-order valence-electron chi connectivity index (χ4n) is 5.62. The number of imidazole rings is 1. The lowest BCUT2D eigenvalue weighted by atomic mass is 10.0. The van der Waals surface area contributed by atoms with Crippen LogP contribution in [0.3, 0.4) is 0 Å². The molecule has 0 amide bonds. The fourth-order valence-corrected chi connectivity index (χ4v) is 5.62. The molecule has 1 unspecified atom stereocenters. The third-order valence-electron chi connectivity index (χ3n) is 8.51. The molecule has 234 valence electrons. The van der Waals surface area contributed by atoms with Gasteiger partial charge in [0.1, 0.15) is 24.1 Å². The molecule has 1 aliphatic heterocycles. The van der Waals surface area contributed by atoms with Gasteiger partial charge in [-0.05, 0) is 61.2 Å². The van der Waals surface area contributed by atoms with Gasteiger partial charge in [-0.25, -0.2) is 23.5 Å². The van der Waals surface area contributed by atoms with Crippen LogP contribution in [0.4, 0.5) is 8.78 Å². The van der Waals surface area contributed by atoms with E-state index >= 15 is 4.39 Å². The van der Waals surface area contributed by atoms with E-state index in [0.29, 0.717) is 58.0 Å². The predicted molar refractivity (Wildman–Crippen MR) is 166 cm³/mol. The van der Waals surface area contributed by atoms with Gasteiger partial charge in [-0.2, -0.15) is 0 Å². The number of hydrogen-bond acceptors (Lipinski definition) is 7. The first-order valence-corrected chi connectivity index (χ1v) is 15.3. The summed E-state index contributed by atoms with van der Waals surface area (Å²) in [5, 5.41) is 0. The number of ketones is 1. The molecular formula is C36H31F2N3O5. The maximum Gasteiger partial charge on any atom is 0.337 e. The number of Topliss-reactive ketones (excluding diaryl/α,β-unsaturated/α-hetero) is 1. The van der Waals surface area contributed by atoms with E-state index in [1.807, 2.05) is 4.57 Å². The van der Waals surface area contributed by atoms with E-state index < -0.39 is 17.6 Å². The number of ether oxygens (including phenoxy) is 3. The molecule has 0 spiro atoms. The number of nitrogens with zero attached hydrogens (tertiary/aromatic N) is 3. The maximum absolute atomic E-state index is 15.6. The first-order chi connectivity index (χ1) is 22.4. The number of fused-ring (bicyclic) bond motifs is 1. The zero-order valence-corrected chi connectivity index (χ0v) is 25.2. The van der Waals surface area contributed by atoms with Gasteiger partial charge in [-0.1, -0.05) is 30.3 Å². The van der Waals surface area contributed by atoms with Crippen LogP contribution < -0.4 is 4.74 Å². The second kappa shape index (κ2) is 12.4. The summed E-state index contributed by atoms with van der Waals surface area (Å²) >= 11 is 0. The Morgan fingerprint density at radius 2 is 1.70 bits per heavy atom. The quantitative estimate of drug-likeness (QED) is 0.119. The molecule has 8 nitrogen and oxygen atoms in total. The number of rotatable bonds is 11. The van der Waals surface area contributed by atoms with Gasteiger partial charge in [0.2, 0.25) is 5.88 Å². The summed E-state index contributed by atoms with van der Waals surface area (Å²) < 4.78 is 48.6. The summed E-state index contributed by atoms with van der Waals surface area (Å²) in [5.74, 6) is -0.438. The second-order valence-electron chi connectivity index (χ2n) is 11.7. The van der Waals surface area contributed by atoms with Crippen LogP contribution in [0.5, 0.6) is 5.88 Å². The topological polar surface area (TPSA) is 92.5 Å². The van der Waals surface area contributed by atoms with Crippen LogP contribution in [0.15, 0.2) is 72.8 Å². The van der Waals surface area contributed by atoms with Crippen molar-refractivity contribution in [1.82, 2.24) is 14.5 Å². The molecule has 10 heteroatoms. The standard InChI is InChI=1S/C36H31F2N3O5/c1-44-36(43)25-11-12-31-32(17-25)41(19-27-13-14-45-27)33(39-31)18-22-7-8-23(15-28(22)37)30-3-2-4-34(40-30)46-20-26-10-9-24(16-29(26)38)35(42)21-5-6-21/h2-4,7-12,15-17,21,27H,5-6,13-14,18-20H2,1H3. The number of aromatic nitrogens is 3. The van der Waals surface area contributed by atoms with Crippen LogP contribution >= 0.6 is 0 Å². The van der Waals surface area contributed by atoms with Crippen LogP contribution in [-0.2, 0) is 29.0 Å². The van der Waals surface area contributed by atoms with Gasteiger partial charge >= 0.3 is 5.97 Å². The molecule has 1 saturated heterocycles. The van der Waals surface area contributed by atoms with E-state index in [1.54, 1.807) is 60.7 Å². The van der Waals surface area contributed by atoms with Crippen molar-refractivity contribution in [2.24, 2.45) is 5.92 Å². The Morgan fingerprint density at radius 1 is 0.913 bits per heavy atom. The fraction of sp³-hybridized carbons (Fsp3) is 0.278. The van der Waals surface area contributed by atoms with Crippen LogP contribution in [0, 0.1) is 17.6 Å². The van der Waals surface area contributed by atoms with E-state index in [-0.39, 0.29) is 36.7 Å². The molecule has 1 saturated carbocycles. The van der Waals surface area contributed by atoms with Crippen molar-refractivity contribution in [3.8, 4) is 17.1 Å². The van der Waals surface area contributed by atoms with Crippen molar-refractivity contribution >= 4 is 22.8 Å². The SMILES string of the molecule is COC(=O)c1ccc2nc(Cc3ccc(-c4cccc(OCc5ccc(C(=O)C6CC6)cc5F)n4)cc3F)n(CC3CCO3)c2c1. The highest BCUT2D eigenvalue weighted by atomic mass is 19.1. The predicted octanol–water partition coefficient (Wildman–Crippen LogP) is 6.71. The molecule has 46 heavy (non-hydrogen) atoms. The molecular weight excluding hydrogens is 592 g/mol. The number of pyridine rings is 1. The van der Waals surface area contributed by atoms with Crippen molar-refractivity contribution in [2.75, 3.05) is 13.7 Å². The molecule has 2 aliphatic rings. The third-order valence-corrected chi connectivity index (χ3v) is 8.51. The van der Waals surface area contributed by atoms with Crippen molar-refractivity contribution in [1.29, 1.82) is 0 Å². The first-order valence-electron chi connectivity index (χ1n) is 15.3. The van der Waals surface area contributed by atoms with Gasteiger partial charge < -0.3 is 18.8 Å². The van der Waals surface area contributed by atoms with E-state index in [0.717, 1.165) is 24.8 Å². The minimum Gasteiger partial charge on any atom is -0.473 e. The Morgan fingerprint density at radius 3 is 2.41 bits per heavy atom. The van der Waals surface area contributed by atoms with Crippen LogP contribution in [0.2, 0.25) is 0 Å². The first kappa shape index (κ1) is 29.7. The summed E-state index contributed by atoms with van der Waals surface area (Å²) in [4.78, 5) is 33.7. The monoisotopic (exact) mass is 623 g/mol. The Hall–Kier alpha value is -4.96. The normalized spacial score (nSPS) is 15.8. The van der Waals surface area contributed by atoms with Crippen LogP contribution in [0.1, 0.15) is 56.9 Å². The summed E-state index contributed by atoms with van der Waals surface area (Å²) in [6, 6.07) is 19.7. The average molecular weight is 624 g/mol. The number of carbonyl (C=O) groups is 2. The van der Waals surface area contributed by atoms with Gasteiger partial charge in [0.05, 0.1) is 42.0 Å². The zero-order valence-electron chi connectivity index (χ0n) is 25.2. The molecule has 1 atom stereocenters. The number of halogens is 2. The van der Waals surface area contributed by atoms with Gasteiger partial charge in [0, 0.05) is 41.7 Å². The Kier molecular flexibility index (Phi) is 8.04. The van der Waals surface area contributed by atoms with Crippen molar-refractivity contribution in [3.05, 3.63) is 113 Å².